The zero-order valence-corrected chi connectivity index (χ0v) is 25.0. The van der Waals surface area contributed by atoms with Gasteiger partial charge < -0.3 is 10.2 Å². The maximum atomic E-state index is 13.9. The van der Waals surface area contributed by atoms with Crippen LogP contribution in [0.5, 0.6) is 0 Å². The molecule has 0 aliphatic heterocycles. The molecule has 1 N–H and O–H groups in total. The fourth-order valence-electron chi connectivity index (χ4n) is 3.75. The largest absolute Gasteiger partial charge is 0.352 e. The first kappa shape index (κ1) is 30.0. The van der Waals surface area contributed by atoms with Crippen molar-refractivity contribution in [2.24, 2.45) is 0 Å². The summed E-state index contributed by atoms with van der Waals surface area (Å²) in [7, 11) is -4.20. The van der Waals surface area contributed by atoms with Crippen LogP contribution in [0.25, 0.3) is 0 Å². The van der Waals surface area contributed by atoms with Gasteiger partial charge in [-0.3, -0.25) is 13.9 Å². The molecule has 1 atom stereocenters. The Morgan fingerprint density at radius 3 is 2.13 bits per heavy atom. The van der Waals surface area contributed by atoms with Gasteiger partial charge in [-0.2, -0.15) is 0 Å². The molecule has 3 rings (SSSR count). The Labute approximate surface area is 241 Å². The molecule has 0 aliphatic carbocycles. The lowest BCUT2D eigenvalue weighted by Crippen LogP contribution is -2.52. The van der Waals surface area contributed by atoms with Crippen LogP contribution in [-0.2, 0) is 26.2 Å². The SMILES string of the molecule is CC(C)NC(=O)[C@H](C)N(Cc1cccc(Br)c1)C(=O)CN(c1cc(Cl)cc(Cl)c1)S(=O)(=O)c1ccccc1. The van der Waals surface area contributed by atoms with Crippen LogP contribution in [-0.4, -0.2) is 43.8 Å². The number of sulfonamides is 1. The number of benzene rings is 3. The molecule has 3 aromatic rings. The number of anilines is 1. The van der Waals surface area contributed by atoms with E-state index in [1.54, 1.807) is 25.1 Å². The topological polar surface area (TPSA) is 86.8 Å². The van der Waals surface area contributed by atoms with Crippen molar-refractivity contribution in [3.05, 3.63) is 92.9 Å². The molecule has 202 valence electrons. The van der Waals surface area contributed by atoms with Crippen LogP contribution < -0.4 is 9.62 Å². The molecule has 0 saturated carbocycles. The Balaban J connectivity index is 2.06. The average molecular weight is 641 g/mol. The van der Waals surface area contributed by atoms with Crippen molar-refractivity contribution in [3.8, 4) is 0 Å². The van der Waals surface area contributed by atoms with E-state index in [1.807, 2.05) is 38.1 Å². The Hall–Kier alpha value is -2.59. The Kier molecular flexibility index (Phi) is 10.2. The van der Waals surface area contributed by atoms with Crippen molar-refractivity contribution >= 4 is 66.7 Å². The smallest absolute Gasteiger partial charge is 0.264 e. The van der Waals surface area contributed by atoms with E-state index in [1.165, 1.54) is 35.2 Å². The van der Waals surface area contributed by atoms with Gasteiger partial charge in [-0.1, -0.05) is 69.5 Å². The zero-order chi connectivity index (χ0) is 28.0. The minimum absolute atomic E-state index is 0.00645. The van der Waals surface area contributed by atoms with E-state index >= 15 is 0 Å². The number of hydrogen-bond acceptors (Lipinski definition) is 4. The highest BCUT2D eigenvalue weighted by Gasteiger charge is 2.33. The average Bonchev–Trinajstić information content (AvgIpc) is 2.84. The van der Waals surface area contributed by atoms with Gasteiger partial charge in [0.1, 0.15) is 12.6 Å². The summed E-state index contributed by atoms with van der Waals surface area (Å²) in [6.07, 6.45) is 0. The van der Waals surface area contributed by atoms with E-state index in [0.717, 1.165) is 14.3 Å². The van der Waals surface area contributed by atoms with E-state index in [0.29, 0.717) is 0 Å². The normalized spacial score (nSPS) is 12.2. The van der Waals surface area contributed by atoms with Crippen molar-refractivity contribution in [1.82, 2.24) is 10.2 Å². The molecular formula is C27H28BrCl2N3O4S. The van der Waals surface area contributed by atoms with Crippen molar-refractivity contribution in [1.29, 1.82) is 0 Å². The molecule has 0 radical (unpaired) electrons. The van der Waals surface area contributed by atoms with Gasteiger partial charge in [0.05, 0.1) is 10.6 Å². The Morgan fingerprint density at radius 2 is 1.55 bits per heavy atom. The van der Waals surface area contributed by atoms with Crippen molar-refractivity contribution in [2.45, 2.75) is 44.3 Å². The summed E-state index contributed by atoms with van der Waals surface area (Å²) in [5, 5.41) is 3.25. The highest BCUT2D eigenvalue weighted by molar-refractivity contribution is 9.10. The summed E-state index contributed by atoms with van der Waals surface area (Å²) in [6, 6.07) is 18.4. The first-order valence-corrected chi connectivity index (χ1v) is 14.8. The molecule has 2 amide bonds. The van der Waals surface area contributed by atoms with Gasteiger partial charge in [-0.15, -0.1) is 0 Å². The lowest BCUT2D eigenvalue weighted by Gasteiger charge is -2.32. The molecule has 3 aromatic carbocycles. The summed E-state index contributed by atoms with van der Waals surface area (Å²) in [5.74, 6) is -0.932. The summed E-state index contributed by atoms with van der Waals surface area (Å²) in [6.45, 7) is 4.76. The Morgan fingerprint density at radius 1 is 0.921 bits per heavy atom. The molecule has 0 fully saturated rings. The van der Waals surface area contributed by atoms with E-state index < -0.39 is 28.5 Å². The quantitative estimate of drug-likeness (QED) is 0.299. The van der Waals surface area contributed by atoms with Crippen LogP contribution in [0.1, 0.15) is 26.3 Å². The molecule has 38 heavy (non-hydrogen) atoms. The van der Waals surface area contributed by atoms with Crippen LogP contribution in [0, 0.1) is 0 Å². The number of hydrogen-bond donors (Lipinski definition) is 1. The number of nitrogens with zero attached hydrogens (tertiary/aromatic N) is 2. The Bertz CT molecular complexity index is 1380. The van der Waals surface area contributed by atoms with E-state index in [2.05, 4.69) is 21.2 Å². The maximum absolute atomic E-state index is 13.9. The van der Waals surface area contributed by atoms with Crippen LogP contribution in [0.4, 0.5) is 5.69 Å². The molecule has 0 heterocycles. The van der Waals surface area contributed by atoms with Gasteiger partial charge in [-0.05, 0) is 68.8 Å². The van der Waals surface area contributed by atoms with Gasteiger partial charge in [-0.25, -0.2) is 8.42 Å². The second-order valence-corrected chi connectivity index (χ2v) is 12.6. The van der Waals surface area contributed by atoms with Crippen LogP contribution in [0.2, 0.25) is 10.0 Å². The maximum Gasteiger partial charge on any atom is 0.264 e. The van der Waals surface area contributed by atoms with Crippen molar-refractivity contribution in [2.75, 3.05) is 10.8 Å². The molecule has 0 aliphatic rings. The highest BCUT2D eigenvalue weighted by Crippen LogP contribution is 2.30. The first-order valence-electron chi connectivity index (χ1n) is 11.8. The van der Waals surface area contributed by atoms with Gasteiger partial charge in [0, 0.05) is 27.1 Å². The number of rotatable bonds is 10. The number of carbonyl (C=O) groups excluding carboxylic acids is 2. The second kappa shape index (κ2) is 13.0. The van der Waals surface area contributed by atoms with Crippen molar-refractivity contribution in [3.63, 3.8) is 0 Å². The summed E-state index contributed by atoms with van der Waals surface area (Å²) < 4.78 is 29.3. The summed E-state index contributed by atoms with van der Waals surface area (Å²) in [5.41, 5.74) is 0.890. The number of halogens is 3. The number of amides is 2. The van der Waals surface area contributed by atoms with Crippen LogP contribution in [0.3, 0.4) is 0 Å². The molecule has 0 aromatic heterocycles. The minimum atomic E-state index is -4.20. The lowest BCUT2D eigenvalue weighted by atomic mass is 10.1. The molecule has 7 nitrogen and oxygen atoms in total. The van der Waals surface area contributed by atoms with Gasteiger partial charge in [0.15, 0.2) is 0 Å². The van der Waals surface area contributed by atoms with Crippen LogP contribution in [0.15, 0.2) is 82.2 Å². The van der Waals surface area contributed by atoms with Gasteiger partial charge in [0.25, 0.3) is 10.0 Å². The predicted molar refractivity (Wildman–Crippen MR) is 155 cm³/mol. The summed E-state index contributed by atoms with van der Waals surface area (Å²) >= 11 is 15.8. The fraction of sp³-hybridized carbons (Fsp3) is 0.259. The van der Waals surface area contributed by atoms with E-state index in [4.69, 9.17) is 23.2 Å². The number of carbonyl (C=O) groups is 2. The first-order chi connectivity index (χ1) is 17.9. The number of nitrogens with one attached hydrogen (secondary N) is 1. The summed E-state index contributed by atoms with van der Waals surface area (Å²) in [4.78, 5) is 28.2. The predicted octanol–water partition coefficient (Wildman–Crippen LogP) is 5.89. The molecular weight excluding hydrogens is 613 g/mol. The fourth-order valence-corrected chi connectivity index (χ4v) is 6.13. The third-order valence-electron chi connectivity index (χ3n) is 5.59. The van der Waals surface area contributed by atoms with Gasteiger partial charge >= 0.3 is 0 Å². The molecule has 0 saturated heterocycles. The third kappa shape index (κ3) is 7.72. The monoisotopic (exact) mass is 639 g/mol. The molecule has 0 spiro atoms. The minimum Gasteiger partial charge on any atom is -0.352 e. The van der Waals surface area contributed by atoms with Gasteiger partial charge in [0.2, 0.25) is 11.8 Å². The van der Waals surface area contributed by atoms with E-state index in [-0.39, 0.29) is 39.1 Å². The van der Waals surface area contributed by atoms with E-state index in [9.17, 15) is 18.0 Å². The molecule has 0 unspecified atom stereocenters. The van der Waals surface area contributed by atoms with Crippen molar-refractivity contribution < 1.29 is 18.0 Å². The van der Waals surface area contributed by atoms with Crippen LogP contribution >= 0.6 is 39.1 Å². The molecule has 11 heteroatoms. The lowest BCUT2D eigenvalue weighted by molar-refractivity contribution is -0.139. The molecule has 0 bridgehead atoms. The standard InChI is InChI=1S/C27H28BrCl2N3O4S/c1-18(2)31-27(35)19(3)32(16-20-8-7-9-21(28)12-20)26(34)17-33(24-14-22(29)13-23(30)15-24)38(36,37)25-10-5-4-6-11-25/h4-15,18-19H,16-17H2,1-3H3,(H,31,35)/t19-/m0/s1. The highest BCUT2D eigenvalue weighted by atomic mass is 79.9. The third-order valence-corrected chi connectivity index (χ3v) is 8.30. The zero-order valence-electron chi connectivity index (χ0n) is 21.1. The second-order valence-electron chi connectivity index (χ2n) is 8.94.